The summed E-state index contributed by atoms with van der Waals surface area (Å²) in [6, 6.07) is 18.8. The van der Waals surface area contributed by atoms with Crippen LogP contribution in [0.25, 0.3) is 0 Å². The van der Waals surface area contributed by atoms with Gasteiger partial charge in [-0.1, -0.05) is 60.7 Å². The Bertz CT molecular complexity index is 948. The molecule has 2 fully saturated rings. The van der Waals surface area contributed by atoms with Crippen molar-refractivity contribution in [3.63, 3.8) is 0 Å². The van der Waals surface area contributed by atoms with E-state index in [1.54, 1.807) is 4.90 Å². The molecule has 2 aromatic rings. The number of benzene rings is 2. The van der Waals surface area contributed by atoms with Crippen molar-refractivity contribution in [1.82, 2.24) is 15.1 Å². The number of thioether (sulfide) groups is 1. The van der Waals surface area contributed by atoms with E-state index in [9.17, 15) is 14.4 Å². The van der Waals surface area contributed by atoms with Gasteiger partial charge < -0.3 is 15.0 Å². The molecule has 0 aromatic heterocycles. The predicted octanol–water partition coefficient (Wildman–Crippen LogP) is 3.56. The molecular weight excluding hydrogens is 414 g/mol. The highest BCUT2D eigenvalue weighted by molar-refractivity contribution is 8.15. The number of carbonyl (C=O) groups is 3. The van der Waals surface area contributed by atoms with Gasteiger partial charge in [0.1, 0.15) is 0 Å². The maximum Gasteiger partial charge on any atom is 0.317 e. The van der Waals surface area contributed by atoms with Gasteiger partial charge in [0.2, 0.25) is 4.93 Å². The molecule has 0 saturated carbocycles. The minimum absolute atomic E-state index is 0.110. The zero-order chi connectivity index (χ0) is 21.8. The molecule has 4 rings (SSSR count). The van der Waals surface area contributed by atoms with Crippen LogP contribution in [-0.2, 0) is 21.0 Å². The molecule has 1 N–H and O–H groups in total. The van der Waals surface area contributed by atoms with E-state index in [2.05, 4.69) is 5.32 Å². The molecule has 162 valence electrons. The molecule has 0 bridgehead atoms. The first kappa shape index (κ1) is 21.4. The van der Waals surface area contributed by atoms with Crippen LogP contribution in [0.4, 0.5) is 9.59 Å². The highest BCUT2D eigenvalue weighted by Crippen LogP contribution is 2.47. The summed E-state index contributed by atoms with van der Waals surface area (Å²) >= 11 is 0.911. The molecule has 2 saturated heterocycles. The molecule has 4 amide bonds. The molecule has 7 nitrogen and oxygen atoms in total. The van der Waals surface area contributed by atoms with Crippen LogP contribution in [0.15, 0.2) is 60.7 Å². The molecule has 0 spiro atoms. The lowest BCUT2D eigenvalue weighted by molar-refractivity contribution is -0.149. The smallest absolute Gasteiger partial charge is 0.317 e. The minimum Gasteiger partial charge on any atom is -0.347 e. The minimum atomic E-state index is -1.37. The zero-order valence-corrected chi connectivity index (χ0v) is 18.1. The van der Waals surface area contributed by atoms with Gasteiger partial charge >= 0.3 is 6.03 Å². The van der Waals surface area contributed by atoms with E-state index in [-0.39, 0.29) is 23.3 Å². The fourth-order valence-electron chi connectivity index (χ4n) is 3.82. The first-order valence-electron chi connectivity index (χ1n) is 10.3. The van der Waals surface area contributed by atoms with E-state index in [4.69, 9.17) is 4.74 Å². The Morgan fingerprint density at radius 3 is 2.26 bits per heavy atom. The molecule has 8 heteroatoms. The van der Waals surface area contributed by atoms with Crippen LogP contribution in [0.3, 0.4) is 0 Å². The number of nitrogens with zero attached hydrogens (tertiary/aromatic N) is 2. The third kappa shape index (κ3) is 4.45. The summed E-state index contributed by atoms with van der Waals surface area (Å²) in [4.78, 5) is 39.3. The second-order valence-electron chi connectivity index (χ2n) is 7.66. The Balaban J connectivity index is 1.38. The first-order chi connectivity index (χ1) is 15.0. The average Bonchev–Trinajstić information content (AvgIpc) is 3.03. The summed E-state index contributed by atoms with van der Waals surface area (Å²) in [7, 11) is 1.48. The number of rotatable bonds is 5. The first-order valence-corrected chi connectivity index (χ1v) is 11.1. The van der Waals surface area contributed by atoms with E-state index in [1.165, 1.54) is 7.05 Å². The Hall–Kier alpha value is -2.84. The zero-order valence-electron chi connectivity index (χ0n) is 17.3. The molecule has 2 aliphatic heterocycles. The highest BCUT2D eigenvalue weighted by atomic mass is 32.2. The van der Waals surface area contributed by atoms with E-state index in [0.717, 1.165) is 22.2 Å². The summed E-state index contributed by atoms with van der Waals surface area (Å²) in [6.07, 6.45) is 0.965. The van der Waals surface area contributed by atoms with E-state index >= 15 is 0 Å². The molecular formula is C23H25N3O4S. The Kier molecular flexibility index (Phi) is 6.29. The number of piperidine rings is 1. The quantitative estimate of drug-likeness (QED) is 0.771. The lowest BCUT2D eigenvalue weighted by Gasteiger charge is -2.36. The monoisotopic (exact) mass is 439 g/mol. The molecule has 1 unspecified atom stereocenters. The van der Waals surface area contributed by atoms with Crippen LogP contribution >= 0.6 is 11.8 Å². The van der Waals surface area contributed by atoms with Gasteiger partial charge in [-0.3, -0.25) is 14.5 Å². The van der Waals surface area contributed by atoms with Crippen LogP contribution in [-0.4, -0.2) is 53.2 Å². The fourth-order valence-corrected chi connectivity index (χ4v) is 4.95. The Morgan fingerprint density at radius 2 is 1.68 bits per heavy atom. The number of likely N-dealkylation sites (N-methyl/N-ethyl adjacent to an activating group) is 1. The largest absolute Gasteiger partial charge is 0.347 e. The van der Waals surface area contributed by atoms with Gasteiger partial charge in [0.15, 0.2) is 0 Å². The number of ether oxygens (including phenoxy) is 1. The number of carbonyl (C=O) groups excluding carboxylic acids is 3. The van der Waals surface area contributed by atoms with Gasteiger partial charge in [-0.15, -0.1) is 0 Å². The van der Waals surface area contributed by atoms with Crippen molar-refractivity contribution >= 4 is 28.9 Å². The number of urea groups is 1. The SMILES string of the molecule is CN1C(=O)SC(OC2CCN(C(=O)NCc3ccccc3)CC2)(c2ccccc2)C1=O. The molecule has 0 aliphatic carbocycles. The van der Waals surface area contributed by atoms with Crippen molar-refractivity contribution in [2.75, 3.05) is 20.1 Å². The molecule has 0 radical (unpaired) electrons. The third-order valence-electron chi connectivity index (χ3n) is 5.59. The molecule has 1 atom stereocenters. The summed E-state index contributed by atoms with van der Waals surface area (Å²) in [5.74, 6) is -0.364. The summed E-state index contributed by atoms with van der Waals surface area (Å²) in [6.45, 7) is 1.53. The van der Waals surface area contributed by atoms with Crippen molar-refractivity contribution in [2.24, 2.45) is 0 Å². The van der Waals surface area contributed by atoms with Crippen LogP contribution in [0.2, 0.25) is 0 Å². The van der Waals surface area contributed by atoms with Crippen LogP contribution in [0.5, 0.6) is 0 Å². The number of likely N-dealkylation sites (tertiary alicyclic amines) is 1. The lowest BCUT2D eigenvalue weighted by Crippen LogP contribution is -2.48. The van der Waals surface area contributed by atoms with Gasteiger partial charge in [0.25, 0.3) is 11.1 Å². The molecule has 31 heavy (non-hydrogen) atoms. The van der Waals surface area contributed by atoms with E-state index in [1.807, 2.05) is 60.7 Å². The van der Waals surface area contributed by atoms with Gasteiger partial charge in [0.05, 0.1) is 6.10 Å². The van der Waals surface area contributed by atoms with Crippen molar-refractivity contribution in [3.8, 4) is 0 Å². The average molecular weight is 440 g/mol. The predicted molar refractivity (Wildman–Crippen MR) is 118 cm³/mol. The normalized spacial score (nSPS) is 22.1. The maximum atomic E-state index is 13.0. The molecule has 2 aliphatic rings. The van der Waals surface area contributed by atoms with Gasteiger partial charge in [0, 0.05) is 32.2 Å². The Labute approximate surface area is 185 Å². The number of hydrogen-bond donors (Lipinski definition) is 1. The van der Waals surface area contributed by atoms with Gasteiger partial charge in [-0.2, -0.15) is 0 Å². The number of amides is 4. The van der Waals surface area contributed by atoms with Crippen molar-refractivity contribution in [2.45, 2.75) is 30.4 Å². The van der Waals surface area contributed by atoms with Gasteiger partial charge in [-0.05, 0) is 30.2 Å². The molecule has 2 aromatic carbocycles. The fraction of sp³-hybridized carbons (Fsp3) is 0.348. The number of hydrogen-bond acceptors (Lipinski definition) is 5. The third-order valence-corrected chi connectivity index (χ3v) is 6.84. The second-order valence-corrected chi connectivity index (χ2v) is 8.79. The number of nitrogens with one attached hydrogen (secondary N) is 1. The van der Waals surface area contributed by atoms with Crippen LogP contribution < -0.4 is 5.32 Å². The maximum absolute atomic E-state index is 13.0. The standard InChI is InChI=1S/C23H25N3O4S/c1-25-20(27)23(31-22(25)29,18-10-6-3-7-11-18)30-19-12-14-26(15-13-19)21(28)24-16-17-8-4-2-5-9-17/h2-11,19H,12-16H2,1H3,(H,24,28). The molecule has 2 heterocycles. The van der Waals surface area contributed by atoms with Crippen molar-refractivity contribution in [1.29, 1.82) is 0 Å². The van der Waals surface area contributed by atoms with Crippen LogP contribution in [0, 0.1) is 0 Å². The van der Waals surface area contributed by atoms with E-state index in [0.29, 0.717) is 38.0 Å². The van der Waals surface area contributed by atoms with Crippen LogP contribution in [0.1, 0.15) is 24.0 Å². The summed E-state index contributed by atoms with van der Waals surface area (Å²) in [5, 5.41) is 2.62. The van der Waals surface area contributed by atoms with Crippen molar-refractivity contribution < 1.29 is 19.1 Å². The van der Waals surface area contributed by atoms with E-state index < -0.39 is 4.93 Å². The summed E-state index contributed by atoms with van der Waals surface area (Å²) in [5.41, 5.74) is 1.70. The summed E-state index contributed by atoms with van der Waals surface area (Å²) < 4.78 is 6.33. The topological polar surface area (TPSA) is 79.0 Å². The lowest BCUT2D eigenvalue weighted by atomic mass is 10.0. The second kappa shape index (κ2) is 9.11. The Morgan fingerprint density at radius 1 is 1.06 bits per heavy atom. The number of imide groups is 1. The van der Waals surface area contributed by atoms with Gasteiger partial charge in [-0.25, -0.2) is 4.79 Å². The van der Waals surface area contributed by atoms with Crippen molar-refractivity contribution in [3.05, 3.63) is 71.8 Å². The highest BCUT2D eigenvalue weighted by Gasteiger charge is 2.55.